The van der Waals surface area contributed by atoms with Gasteiger partial charge in [0.25, 0.3) is 0 Å². The van der Waals surface area contributed by atoms with Crippen molar-refractivity contribution < 1.29 is 14.3 Å². The van der Waals surface area contributed by atoms with E-state index in [0.29, 0.717) is 23.2 Å². The molecule has 1 aromatic rings. The molecule has 21 heavy (non-hydrogen) atoms. The molecule has 1 aliphatic carbocycles. The molecule has 0 saturated heterocycles. The first-order chi connectivity index (χ1) is 10.0. The maximum absolute atomic E-state index is 12.4. The van der Waals surface area contributed by atoms with Crippen LogP contribution in [-0.2, 0) is 11.3 Å². The summed E-state index contributed by atoms with van der Waals surface area (Å²) in [6, 6.07) is 5.63. The molecule has 0 radical (unpaired) electrons. The van der Waals surface area contributed by atoms with E-state index in [1.807, 2.05) is 18.2 Å². The molecule has 0 bridgehead atoms. The fraction of sp³-hybridized carbons (Fsp3) is 0.467. The zero-order chi connectivity index (χ0) is 15.0. The number of ether oxygens (including phenoxy) is 2. The maximum Gasteiger partial charge on any atom is 0.233 e. The summed E-state index contributed by atoms with van der Waals surface area (Å²) in [5.74, 6) is 1.86. The van der Waals surface area contributed by atoms with Gasteiger partial charge in [-0.3, -0.25) is 4.79 Å². The highest BCUT2D eigenvalue weighted by Crippen LogP contribution is 2.46. The van der Waals surface area contributed by atoms with Gasteiger partial charge >= 0.3 is 0 Å². The minimum Gasteiger partial charge on any atom is -0.454 e. The van der Waals surface area contributed by atoms with E-state index in [1.54, 1.807) is 0 Å². The van der Waals surface area contributed by atoms with Gasteiger partial charge < -0.3 is 20.5 Å². The van der Waals surface area contributed by atoms with Crippen LogP contribution in [-0.4, -0.2) is 17.7 Å². The Labute approximate surface area is 128 Å². The van der Waals surface area contributed by atoms with Crippen LogP contribution in [0.4, 0.5) is 0 Å². The maximum atomic E-state index is 12.4. The van der Waals surface area contributed by atoms with Crippen LogP contribution in [0.1, 0.15) is 25.3 Å². The van der Waals surface area contributed by atoms with E-state index in [2.05, 4.69) is 12.2 Å². The largest absolute Gasteiger partial charge is 0.454 e. The van der Waals surface area contributed by atoms with Crippen molar-refractivity contribution in [2.75, 3.05) is 6.79 Å². The number of hydrogen-bond acceptors (Lipinski definition) is 4. The number of nitrogens with two attached hydrogens (primary N) is 1. The van der Waals surface area contributed by atoms with Gasteiger partial charge in [-0.1, -0.05) is 25.2 Å². The Morgan fingerprint density at radius 3 is 2.81 bits per heavy atom. The molecule has 0 unspecified atom stereocenters. The van der Waals surface area contributed by atoms with Gasteiger partial charge in [0.05, 0.1) is 10.4 Å². The smallest absolute Gasteiger partial charge is 0.233 e. The van der Waals surface area contributed by atoms with Gasteiger partial charge in [0.1, 0.15) is 0 Å². The third-order valence-corrected chi connectivity index (χ3v) is 4.58. The van der Waals surface area contributed by atoms with Crippen molar-refractivity contribution in [1.29, 1.82) is 0 Å². The first kappa shape index (κ1) is 14.1. The number of hydrogen-bond donors (Lipinski definition) is 2. The van der Waals surface area contributed by atoms with E-state index in [0.717, 1.165) is 24.2 Å². The van der Waals surface area contributed by atoms with Crippen LogP contribution in [0.5, 0.6) is 11.5 Å². The van der Waals surface area contributed by atoms with Gasteiger partial charge in [0.2, 0.25) is 12.7 Å². The first-order valence-corrected chi connectivity index (χ1v) is 7.39. The van der Waals surface area contributed by atoms with Crippen molar-refractivity contribution in [2.45, 2.75) is 26.3 Å². The van der Waals surface area contributed by atoms with Crippen LogP contribution < -0.4 is 20.5 Å². The van der Waals surface area contributed by atoms with Gasteiger partial charge in [-0.15, -0.1) is 0 Å². The van der Waals surface area contributed by atoms with E-state index >= 15 is 0 Å². The lowest BCUT2D eigenvalue weighted by Gasteiger charge is -2.44. The number of fused-ring (bicyclic) bond motifs is 1. The molecule has 5 nitrogen and oxygen atoms in total. The Morgan fingerprint density at radius 2 is 2.14 bits per heavy atom. The van der Waals surface area contributed by atoms with Crippen LogP contribution in [0.25, 0.3) is 0 Å². The number of amides is 1. The van der Waals surface area contributed by atoms with E-state index < -0.39 is 5.41 Å². The highest BCUT2D eigenvalue weighted by atomic mass is 32.1. The van der Waals surface area contributed by atoms with Crippen molar-refractivity contribution >= 4 is 23.1 Å². The molecule has 0 spiro atoms. The van der Waals surface area contributed by atoms with E-state index in [4.69, 9.17) is 27.4 Å². The summed E-state index contributed by atoms with van der Waals surface area (Å²) in [4.78, 5) is 12.7. The summed E-state index contributed by atoms with van der Waals surface area (Å²) in [7, 11) is 0. The zero-order valence-electron chi connectivity index (χ0n) is 11.8. The highest BCUT2D eigenvalue weighted by molar-refractivity contribution is 7.80. The van der Waals surface area contributed by atoms with Crippen LogP contribution in [0.3, 0.4) is 0 Å². The molecular weight excluding hydrogens is 288 g/mol. The standard InChI is InChI=1S/C15H18N2O3S/c1-9-5-15(6-9,13(16)21)14(18)17-7-10-2-3-11-12(4-10)20-8-19-11/h2-4,9H,5-8H2,1H3,(H2,16,21)(H,17,18). The molecule has 1 saturated carbocycles. The third-order valence-electron chi connectivity index (χ3n) is 4.19. The second kappa shape index (κ2) is 5.18. The Morgan fingerprint density at radius 1 is 1.43 bits per heavy atom. The predicted molar refractivity (Wildman–Crippen MR) is 82.0 cm³/mol. The minimum atomic E-state index is -0.662. The Balaban J connectivity index is 1.65. The molecule has 3 N–H and O–H groups in total. The summed E-state index contributed by atoms with van der Waals surface area (Å²) in [6.07, 6.45) is 1.46. The molecule has 0 aromatic heterocycles. The summed E-state index contributed by atoms with van der Waals surface area (Å²) >= 11 is 5.09. The van der Waals surface area contributed by atoms with Crippen LogP contribution in [0, 0.1) is 11.3 Å². The highest BCUT2D eigenvalue weighted by Gasteiger charge is 2.50. The molecule has 1 heterocycles. The number of carbonyl (C=O) groups excluding carboxylic acids is 1. The minimum absolute atomic E-state index is 0.0780. The quantitative estimate of drug-likeness (QED) is 0.829. The Kier molecular flexibility index (Phi) is 3.49. The summed E-state index contributed by atoms with van der Waals surface area (Å²) < 4.78 is 10.6. The summed E-state index contributed by atoms with van der Waals surface area (Å²) in [5.41, 5.74) is 6.07. The van der Waals surface area contributed by atoms with E-state index in [9.17, 15) is 4.79 Å². The number of rotatable bonds is 4. The van der Waals surface area contributed by atoms with Crippen LogP contribution in [0.15, 0.2) is 18.2 Å². The molecule has 1 aliphatic heterocycles. The summed E-state index contributed by atoms with van der Waals surface area (Å²) in [5, 5.41) is 2.93. The fourth-order valence-electron chi connectivity index (χ4n) is 3.03. The average molecular weight is 306 g/mol. The van der Waals surface area contributed by atoms with Crippen molar-refractivity contribution in [3.8, 4) is 11.5 Å². The van der Waals surface area contributed by atoms with Gasteiger partial charge in [0.15, 0.2) is 11.5 Å². The van der Waals surface area contributed by atoms with Crippen LogP contribution >= 0.6 is 12.2 Å². The molecule has 3 rings (SSSR count). The molecule has 6 heteroatoms. The van der Waals surface area contributed by atoms with Gasteiger partial charge in [-0.2, -0.15) is 0 Å². The predicted octanol–water partition coefficient (Wildman–Crippen LogP) is 1.73. The van der Waals surface area contributed by atoms with Gasteiger partial charge in [-0.25, -0.2) is 0 Å². The monoisotopic (exact) mass is 306 g/mol. The molecule has 112 valence electrons. The second-order valence-corrected chi connectivity index (χ2v) is 6.27. The Hall–Kier alpha value is -1.82. The fourth-order valence-corrected chi connectivity index (χ4v) is 3.29. The summed E-state index contributed by atoms with van der Waals surface area (Å²) in [6.45, 7) is 2.77. The van der Waals surface area contributed by atoms with Crippen molar-refractivity contribution in [1.82, 2.24) is 5.32 Å². The molecule has 1 aromatic carbocycles. The van der Waals surface area contributed by atoms with Crippen molar-refractivity contribution in [2.24, 2.45) is 17.1 Å². The SMILES string of the molecule is CC1CC(C(=O)NCc2ccc3c(c2)OCO3)(C(N)=S)C1. The zero-order valence-corrected chi connectivity index (χ0v) is 12.7. The number of thiocarbonyl (C=S) groups is 1. The van der Waals surface area contributed by atoms with E-state index in [-0.39, 0.29) is 12.7 Å². The van der Waals surface area contributed by atoms with E-state index in [1.165, 1.54) is 0 Å². The third kappa shape index (κ3) is 2.44. The van der Waals surface area contributed by atoms with Gasteiger partial charge in [0, 0.05) is 6.54 Å². The Bertz CT molecular complexity index is 597. The van der Waals surface area contributed by atoms with Gasteiger partial charge in [-0.05, 0) is 36.5 Å². The average Bonchev–Trinajstić information content (AvgIpc) is 2.88. The first-order valence-electron chi connectivity index (χ1n) is 6.98. The second-order valence-electron chi connectivity index (χ2n) is 5.83. The molecule has 2 aliphatic rings. The number of benzene rings is 1. The molecule has 1 amide bonds. The van der Waals surface area contributed by atoms with Crippen molar-refractivity contribution in [3.05, 3.63) is 23.8 Å². The molecular formula is C15H18N2O3S. The van der Waals surface area contributed by atoms with Crippen molar-refractivity contribution in [3.63, 3.8) is 0 Å². The van der Waals surface area contributed by atoms with Crippen LogP contribution in [0.2, 0.25) is 0 Å². The lowest BCUT2D eigenvalue weighted by Crippen LogP contribution is -2.55. The lowest BCUT2D eigenvalue weighted by atomic mass is 9.62. The molecule has 1 fully saturated rings. The molecule has 0 atom stereocenters. The number of nitrogens with one attached hydrogen (secondary N) is 1. The normalized spacial score (nSPS) is 26.0. The topological polar surface area (TPSA) is 73.6 Å². The number of carbonyl (C=O) groups is 1. The lowest BCUT2D eigenvalue weighted by molar-refractivity contribution is -0.133.